The van der Waals surface area contributed by atoms with E-state index in [-0.39, 0.29) is 42.0 Å². The molecule has 0 aliphatic carbocycles. The molecule has 13 nitrogen and oxygen atoms in total. The monoisotopic (exact) mass is 568 g/mol. The minimum absolute atomic E-state index is 0.0622. The number of aromatic hydroxyl groups is 2. The summed E-state index contributed by atoms with van der Waals surface area (Å²) in [7, 11) is 4.16. The summed E-state index contributed by atoms with van der Waals surface area (Å²) >= 11 is 0. The second kappa shape index (κ2) is 12.7. The van der Waals surface area contributed by atoms with Crippen LogP contribution in [0.25, 0.3) is 0 Å². The van der Waals surface area contributed by atoms with Crippen molar-refractivity contribution in [2.45, 2.75) is 42.9 Å². The van der Waals surface area contributed by atoms with E-state index in [1.807, 2.05) is 0 Å². The molecule has 2 aliphatic heterocycles. The van der Waals surface area contributed by atoms with Gasteiger partial charge in [0.05, 0.1) is 46.8 Å². The summed E-state index contributed by atoms with van der Waals surface area (Å²) in [6.07, 6.45) is -9.24. The van der Waals surface area contributed by atoms with Crippen LogP contribution < -0.4 is 14.2 Å². The summed E-state index contributed by atoms with van der Waals surface area (Å²) in [5.41, 5.74) is 1.03. The lowest BCUT2D eigenvalue weighted by molar-refractivity contribution is -0.317. The molecule has 0 unspecified atom stereocenters. The van der Waals surface area contributed by atoms with Gasteiger partial charge in [-0.25, -0.2) is 0 Å². The molecule has 2 saturated heterocycles. The number of rotatable bonds is 10. The van der Waals surface area contributed by atoms with Gasteiger partial charge >= 0.3 is 0 Å². The molecular weight excluding hydrogens is 532 g/mol. The van der Waals surface area contributed by atoms with Crippen LogP contribution in [0.15, 0.2) is 30.3 Å². The van der Waals surface area contributed by atoms with Crippen LogP contribution >= 0.6 is 0 Å². The smallest absolute Gasteiger partial charge is 0.200 e. The number of aliphatic hydroxyl groups excluding tert-OH is 5. The highest BCUT2D eigenvalue weighted by atomic mass is 16.7. The SMILES string of the molecule is COc1cc([C@H](O[C@@H]2O[C@H](CO)[C@@H](O)[C@@H](O)[C@H]2O)[C@H]2CO[C@H](c3cc(OC)c(O)c(OC)c3)[C@H]2CO)ccc1O. The van der Waals surface area contributed by atoms with Crippen molar-refractivity contribution in [2.75, 3.05) is 41.2 Å². The molecule has 2 aliphatic rings. The average molecular weight is 569 g/mol. The Kier molecular flexibility index (Phi) is 9.59. The highest BCUT2D eigenvalue weighted by Gasteiger charge is 2.49. The van der Waals surface area contributed by atoms with Gasteiger partial charge in [0.25, 0.3) is 0 Å². The van der Waals surface area contributed by atoms with Gasteiger partial charge in [-0.05, 0) is 35.4 Å². The molecule has 0 aromatic heterocycles. The van der Waals surface area contributed by atoms with E-state index < -0.39 is 61.4 Å². The Hall–Kier alpha value is -2.88. The Balaban J connectivity index is 1.72. The van der Waals surface area contributed by atoms with Crippen molar-refractivity contribution in [3.63, 3.8) is 0 Å². The predicted octanol–water partition coefficient (Wildman–Crippen LogP) is -0.0226. The number of phenols is 2. The summed E-state index contributed by atoms with van der Waals surface area (Å²) in [6, 6.07) is 7.64. The molecule has 4 rings (SSSR count). The summed E-state index contributed by atoms with van der Waals surface area (Å²) in [5.74, 6) is -1.06. The molecule has 2 aromatic rings. The van der Waals surface area contributed by atoms with Crippen molar-refractivity contribution in [3.8, 4) is 28.7 Å². The lowest BCUT2D eigenvalue weighted by atomic mass is 9.82. The van der Waals surface area contributed by atoms with Crippen LogP contribution in [-0.2, 0) is 14.2 Å². The zero-order valence-electron chi connectivity index (χ0n) is 22.3. The van der Waals surface area contributed by atoms with Gasteiger partial charge in [-0.2, -0.15) is 0 Å². The van der Waals surface area contributed by atoms with E-state index in [4.69, 9.17) is 28.4 Å². The van der Waals surface area contributed by atoms with Crippen LogP contribution in [0.3, 0.4) is 0 Å². The fourth-order valence-electron chi connectivity index (χ4n) is 5.27. The molecule has 13 heteroatoms. The van der Waals surface area contributed by atoms with Crippen molar-refractivity contribution in [2.24, 2.45) is 11.8 Å². The summed E-state index contributed by atoms with van der Waals surface area (Å²) in [5, 5.41) is 71.8. The van der Waals surface area contributed by atoms with Crippen molar-refractivity contribution in [1.82, 2.24) is 0 Å². The Morgan fingerprint density at radius 1 is 0.850 bits per heavy atom. The number of methoxy groups -OCH3 is 3. The molecule has 9 atom stereocenters. The number of hydrogen-bond acceptors (Lipinski definition) is 13. The van der Waals surface area contributed by atoms with Gasteiger partial charge < -0.3 is 64.2 Å². The van der Waals surface area contributed by atoms with Crippen LogP contribution in [0.1, 0.15) is 23.3 Å². The highest BCUT2D eigenvalue weighted by molar-refractivity contribution is 5.53. The summed E-state index contributed by atoms with van der Waals surface area (Å²) in [6.45, 7) is -0.932. The number of aliphatic hydroxyl groups is 5. The first-order valence-corrected chi connectivity index (χ1v) is 12.7. The molecule has 2 aromatic carbocycles. The van der Waals surface area contributed by atoms with E-state index >= 15 is 0 Å². The quantitative estimate of drug-likeness (QED) is 0.202. The number of phenolic OH excluding ortho intramolecular Hbond substituents is 2. The lowest BCUT2D eigenvalue weighted by Gasteiger charge is -2.42. The maximum Gasteiger partial charge on any atom is 0.200 e. The van der Waals surface area contributed by atoms with Crippen molar-refractivity contribution in [1.29, 1.82) is 0 Å². The van der Waals surface area contributed by atoms with Crippen LogP contribution in [0.2, 0.25) is 0 Å². The molecule has 0 spiro atoms. The van der Waals surface area contributed by atoms with E-state index in [1.54, 1.807) is 18.2 Å². The predicted molar refractivity (Wildman–Crippen MR) is 136 cm³/mol. The first-order chi connectivity index (χ1) is 19.2. The maximum absolute atomic E-state index is 10.7. The number of benzene rings is 2. The number of ether oxygens (including phenoxy) is 6. The lowest BCUT2D eigenvalue weighted by Crippen LogP contribution is -2.59. The minimum Gasteiger partial charge on any atom is -0.504 e. The second-order valence-corrected chi connectivity index (χ2v) is 9.72. The van der Waals surface area contributed by atoms with E-state index in [0.717, 1.165) is 0 Å². The zero-order chi connectivity index (χ0) is 29.1. The van der Waals surface area contributed by atoms with Crippen LogP contribution in [0.4, 0.5) is 0 Å². The van der Waals surface area contributed by atoms with Gasteiger partial charge in [0.15, 0.2) is 29.3 Å². The van der Waals surface area contributed by atoms with Gasteiger partial charge in [0, 0.05) is 18.4 Å². The maximum atomic E-state index is 10.7. The Bertz CT molecular complexity index is 1120. The molecule has 40 heavy (non-hydrogen) atoms. The Labute approximate surface area is 230 Å². The third-order valence-corrected chi connectivity index (χ3v) is 7.50. The third kappa shape index (κ3) is 5.64. The summed E-state index contributed by atoms with van der Waals surface area (Å²) in [4.78, 5) is 0. The van der Waals surface area contributed by atoms with Gasteiger partial charge in [0.1, 0.15) is 24.4 Å². The molecule has 0 radical (unpaired) electrons. The van der Waals surface area contributed by atoms with Gasteiger partial charge in [0.2, 0.25) is 5.75 Å². The normalized spacial score (nSPS) is 31.1. The fourth-order valence-corrected chi connectivity index (χ4v) is 5.27. The van der Waals surface area contributed by atoms with E-state index in [9.17, 15) is 35.7 Å². The zero-order valence-corrected chi connectivity index (χ0v) is 22.3. The van der Waals surface area contributed by atoms with E-state index in [1.165, 1.54) is 33.5 Å². The number of hydrogen-bond donors (Lipinski definition) is 7. The Morgan fingerprint density at radius 2 is 1.50 bits per heavy atom. The average Bonchev–Trinajstić information content (AvgIpc) is 3.40. The largest absolute Gasteiger partial charge is 0.504 e. The highest BCUT2D eigenvalue weighted by Crippen LogP contribution is 2.49. The second-order valence-electron chi connectivity index (χ2n) is 9.72. The molecule has 7 N–H and O–H groups in total. The van der Waals surface area contributed by atoms with Crippen LogP contribution in [-0.4, -0.2) is 108 Å². The van der Waals surface area contributed by atoms with Crippen molar-refractivity contribution >= 4 is 0 Å². The molecule has 0 saturated carbocycles. The molecule has 0 amide bonds. The fraction of sp³-hybridized carbons (Fsp3) is 0.556. The molecule has 222 valence electrons. The van der Waals surface area contributed by atoms with Crippen LogP contribution in [0, 0.1) is 11.8 Å². The first kappa shape index (κ1) is 30.1. The topological polar surface area (TPSA) is 197 Å². The molecule has 2 heterocycles. The third-order valence-electron chi connectivity index (χ3n) is 7.50. The van der Waals surface area contributed by atoms with E-state index in [2.05, 4.69) is 0 Å². The molecule has 0 bridgehead atoms. The first-order valence-electron chi connectivity index (χ1n) is 12.7. The standard InChI is InChI=1S/C27H36O13/c1-35-17-6-12(4-5-16(17)30)26(40-27-24(34)23(33)22(32)20(10-29)39-27)15-11-38-25(14(15)9-28)13-7-18(36-2)21(31)19(8-13)37-3/h4-8,14-15,20,22-34H,9-11H2,1-3H3/t14-,15-,20+,22+,23+,24+,25+,26-,27-/m0/s1. The summed E-state index contributed by atoms with van der Waals surface area (Å²) < 4.78 is 33.7. The van der Waals surface area contributed by atoms with Gasteiger partial charge in [-0.1, -0.05) is 6.07 Å². The van der Waals surface area contributed by atoms with Crippen molar-refractivity contribution < 1.29 is 64.2 Å². The molecule has 2 fully saturated rings. The minimum atomic E-state index is -1.67. The molecular formula is C27H36O13. The van der Waals surface area contributed by atoms with Crippen molar-refractivity contribution in [3.05, 3.63) is 41.5 Å². The Morgan fingerprint density at radius 3 is 2.08 bits per heavy atom. The van der Waals surface area contributed by atoms with Gasteiger partial charge in [-0.15, -0.1) is 0 Å². The van der Waals surface area contributed by atoms with Gasteiger partial charge in [-0.3, -0.25) is 0 Å². The van der Waals surface area contributed by atoms with Crippen LogP contribution in [0.5, 0.6) is 28.7 Å². The van der Waals surface area contributed by atoms with E-state index in [0.29, 0.717) is 11.1 Å².